The molecule has 0 unspecified atom stereocenters. The number of carbonyl (C=O) groups excluding carboxylic acids is 1. The second-order valence-electron chi connectivity index (χ2n) is 7.25. The number of ether oxygens (including phenoxy) is 1. The highest BCUT2D eigenvalue weighted by molar-refractivity contribution is 7.89. The Labute approximate surface area is 213 Å². The Balaban J connectivity index is 1.79. The Bertz CT molecular complexity index is 1320. The van der Waals surface area contributed by atoms with Gasteiger partial charge in [-0.2, -0.15) is 9.41 Å². The number of amides is 1. The first kappa shape index (κ1) is 26.5. The maximum Gasteiger partial charge on any atom is 0.255 e. The van der Waals surface area contributed by atoms with Crippen molar-refractivity contribution in [3.8, 4) is 11.5 Å². The predicted octanol–water partition coefficient (Wildman–Crippen LogP) is 4.44. The molecule has 35 heavy (non-hydrogen) atoms. The molecule has 0 radical (unpaired) electrons. The zero-order chi connectivity index (χ0) is 25.4. The number of nitrogens with one attached hydrogen (secondary N) is 1. The number of halogens is 2. The molecule has 3 rings (SSSR count). The van der Waals surface area contributed by atoms with Gasteiger partial charge >= 0.3 is 0 Å². The van der Waals surface area contributed by atoms with Crippen LogP contribution in [0.25, 0.3) is 0 Å². The molecule has 0 aliphatic carbocycles. The standard InChI is InChI=1S/C24H23Cl2N3O5S/c1-2-34-22-10-6-7-18(24(22)31)14-27-28-23(30)16-29(15-17-11-12-20(25)21(26)13-17)35(32,33)19-8-4-3-5-9-19/h3-14,31H,2,15-16H2,1H3,(H,28,30)/b27-14-. The molecule has 0 spiro atoms. The first-order valence-corrected chi connectivity index (χ1v) is 12.7. The SMILES string of the molecule is CCOc1cccc(/C=N\NC(=O)CN(Cc2ccc(Cl)c(Cl)c2)S(=O)(=O)c2ccccc2)c1O. The molecule has 0 fully saturated rings. The lowest BCUT2D eigenvalue weighted by Crippen LogP contribution is -2.39. The molecule has 3 aromatic carbocycles. The minimum Gasteiger partial charge on any atom is -0.504 e. The Morgan fingerprint density at radius 2 is 1.83 bits per heavy atom. The van der Waals surface area contributed by atoms with Gasteiger partial charge in [0.2, 0.25) is 10.0 Å². The molecule has 0 bridgehead atoms. The zero-order valence-corrected chi connectivity index (χ0v) is 21.0. The molecule has 0 aliphatic heterocycles. The zero-order valence-electron chi connectivity index (χ0n) is 18.7. The molecular weight excluding hydrogens is 513 g/mol. The van der Waals surface area contributed by atoms with E-state index >= 15 is 0 Å². The molecule has 1 amide bonds. The minimum absolute atomic E-state index is 0.0361. The monoisotopic (exact) mass is 535 g/mol. The van der Waals surface area contributed by atoms with Crippen molar-refractivity contribution >= 4 is 45.3 Å². The second kappa shape index (κ2) is 12.0. The van der Waals surface area contributed by atoms with E-state index in [0.717, 1.165) is 4.31 Å². The molecule has 0 saturated carbocycles. The molecule has 2 N–H and O–H groups in total. The average molecular weight is 536 g/mol. The summed E-state index contributed by atoms with van der Waals surface area (Å²) in [6.07, 6.45) is 1.24. The largest absolute Gasteiger partial charge is 0.504 e. The number of hydrogen-bond donors (Lipinski definition) is 2. The molecule has 0 atom stereocenters. The van der Waals surface area contributed by atoms with Crippen molar-refractivity contribution in [2.24, 2.45) is 5.10 Å². The molecule has 11 heteroatoms. The number of hydrogen-bond acceptors (Lipinski definition) is 6. The molecule has 0 aliphatic rings. The van der Waals surface area contributed by atoms with Gasteiger partial charge in [0.25, 0.3) is 5.91 Å². The summed E-state index contributed by atoms with van der Waals surface area (Å²) in [4.78, 5) is 12.7. The maximum atomic E-state index is 13.3. The first-order valence-electron chi connectivity index (χ1n) is 10.5. The fraction of sp³-hybridized carbons (Fsp3) is 0.167. The van der Waals surface area contributed by atoms with E-state index in [1.165, 1.54) is 18.3 Å². The number of rotatable bonds is 10. The maximum absolute atomic E-state index is 13.3. The van der Waals surface area contributed by atoms with Crippen LogP contribution in [0.5, 0.6) is 11.5 Å². The van der Waals surface area contributed by atoms with Crippen LogP contribution < -0.4 is 10.2 Å². The van der Waals surface area contributed by atoms with Gasteiger partial charge in [-0.15, -0.1) is 0 Å². The van der Waals surface area contributed by atoms with E-state index in [1.807, 2.05) is 0 Å². The van der Waals surface area contributed by atoms with Gasteiger partial charge in [-0.25, -0.2) is 13.8 Å². The highest BCUT2D eigenvalue weighted by Crippen LogP contribution is 2.28. The topological polar surface area (TPSA) is 108 Å². The number of sulfonamides is 1. The second-order valence-corrected chi connectivity index (χ2v) is 10.0. The summed E-state index contributed by atoms with van der Waals surface area (Å²) in [6, 6.07) is 17.4. The Morgan fingerprint density at radius 3 is 2.51 bits per heavy atom. The number of nitrogens with zero attached hydrogens (tertiary/aromatic N) is 2. The summed E-state index contributed by atoms with van der Waals surface area (Å²) >= 11 is 12.0. The Morgan fingerprint density at radius 1 is 1.09 bits per heavy atom. The van der Waals surface area contributed by atoms with Crippen molar-refractivity contribution in [1.82, 2.24) is 9.73 Å². The van der Waals surface area contributed by atoms with E-state index in [9.17, 15) is 18.3 Å². The lowest BCUT2D eigenvalue weighted by atomic mass is 10.2. The van der Waals surface area contributed by atoms with Crippen molar-refractivity contribution < 1.29 is 23.1 Å². The van der Waals surface area contributed by atoms with Crippen molar-refractivity contribution in [1.29, 1.82) is 0 Å². The number of benzene rings is 3. The third kappa shape index (κ3) is 6.95. The number of phenols is 1. The fourth-order valence-electron chi connectivity index (χ4n) is 3.09. The van der Waals surface area contributed by atoms with E-state index in [-0.39, 0.29) is 28.0 Å². The van der Waals surface area contributed by atoms with Crippen LogP contribution in [-0.2, 0) is 21.4 Å². The summed E-state index contributed by atoms with van der Waals surface area (Å²) in [6.45, 7) is 1.52. The van der Waals surface area contributed by atoms with Gasteiger partial charge in [0.15, 0.2) is 11.5 Å². The smallest absolute Gasteiger partial charge is 0.255 e. The fourth-order valence-corrected chi connectivity index (χ4v) is 4.82. The van der Waals surface area contributed by atoms with E-state index in [2.05, 4.69) is 10.5 Å². The van der Waals surface area contributed by atoms with Crippen molar-refractivity contribution in [3.05, 3.63) is 87.9 Å². The van der Waals surface area contributed by atoms with Gasteiger partial charge in [0.1, 0.15) is 0 Å². The highest BCUT2D eigenvalue weighted by atomic mass is 35.5. The van der Waals surface area contributed by atoms with Gasteiger partial charge in [-0.3, -0.25) is 4.79 Å². The number of hydrazone groups is 1. The Hall–Kier alpha value is -3.11. The van der Waals surface area contributed by atoms with Crippen molar-refractivity contribution in [2.75, 3.05) is 13.2 Å². The molecule has 184 valence electrons. The summed E-state index contributed by atoms with van der Waals surface area (Å²) in [5, 5.41) is 14.7. The van der Waals surface area contributed by atoms with E-state index in [4.69, 9.17) is 27.9 Å². The molecule has 3 aromatic rings. The molecule has 8 nitrogen and oxygen atoms in total. The van der Waals surface area contributed by atoms with Crippen LogP contribution in [0.15, 0.2) is 76.7 Å². The van der Waals surface area contributed by atoms with Crippen LogP contribution in [0.2, 0.25) is 10.0 Å². The van der Waals surface area contributed by atoms with Gasteiger partial charge in [0, 0.05) is 12.1 Å². The van der Waals surface area contributed by atoms with Crippen LogP contribution in [0.4, 0.5) is 0 Å². The summed E-state index contributed by atoms with van der Waals surface area (Å²) in [7, 11) is -4.03. The summed E-state index contributed by atoms with van der Waals surface area (Å²) in [5.41, 5.74) is 3.16. The van der Waals surface area contributed by atoms with E-state index < -0.39 is 22.5 Å². The predicted molar refractivity (Wildman–Crippen MR) is 136 cm³/mol. The van der Waals surface area contributed by atoms with Crippen LogP contribution in [0, 0.1) is 0 Å². The van der Waals surface area contributed by atoms with Gasteiger partial charge in [-0.1, -0.05) is 53.5 Å². The number of carbonyl (C=O) groups is 1. The average Bonchev–Trinajstić information content (AvgIpc) is 2.84. The Kier molecular flexibility index (Phi) is 9.11. The summed E-state index contributed by atoms with van der Waals surface area (Å²) in [5.74, 6) is -0.522. The number of aromatic hydroxyl groups is 1. The minimum atomic E-state index is -4.03. The lowest BCUT2D eigenvalue weighted by Gasteiger charge is -2.21. The van der Waals surface area contributed by atoms with E-state index in [0.29, 0.717) is 22.8 Å². The normalized spacial score (nSPS) is 11.7. The van der Waals surface area contributed by atoms with Gasteiger partial charge in [0.05, 0.1) is 34.3 Å². The highest BCUT2D eigenvalue weighted by Gasteiger charge is 2.27. The van der Waals surface area contributed by atoms with Gasteiger partial charge < -0.3 is 9.84 Å². The van der Waals surface area contributed by atoms with Gasteiger partial charge in [-0.05, 0) is 48.9 Å². The van der Waals surface area contributed by atoms with E-state index in [1.54, 1.807) is 61.5 Å². The van der Waals surface area contributed by atoms with Crippen LogP contribution >= 0.6 is 23.2 Å². The quantitative estimate of drug-likeness (QED) is 0.294. The third-order valence-corrected chi connectivity index (χ3v) is 7.31. The number of para-hydroxylation sites is 1. The van der Waals surface area contributed by atoms with Crippen molar-refractivity contribution in [3.63, 3.8) is 0 Å². The van der Waals surface area contributed by atoms with Crippen molar-refractivity contribution in [2.45, 2.75) is 18.4 Å². The third-order valence-electron chi connectivity index (χ3n) is 4.77. The molecule has 0 aromatic heterocycles. The molecular formula is C24H23Cl2N3O5S. The first-order chi connectivity index (χ1) is 16.7. The summed E-state index contributed by atoms with van der Waals surface area (Å²) < 4.78 is 32.9. The molecule has 0 saturated heterocycles. The lowest BCUT2D eigenvalue weighted by molar-refractivity contribution is -0.121. The number of phenolic OH excluding ortho intramolecular Hbond substituents is 1. The van der Waals surface area contributed by atoms with Crippen LogP contribution in [0.1, 0.15) is 18.1 Å². The van der Waals surface area contributed by atoms with Crippen LogP contribution in [0.3, 0.4) is 0 Å². The molecule has 0 heterocycles. The van der Waals surface area contributed by atoms with Crippen LogP contribution in [-0.4, -0.2) is 43.1 Å².